The van der Waals surface area contributed by atoms with Gasteiger partial charge in [-0.15, -0.1) is 0 Å². The number of hydrogen-bond acceptors (Lipinski definition) is 3. The van der Waals surface area contributed by atoms with Crippen LogP contribution in [0.15, 0.2) is 96.1 Å². The largest absolute Gasteiger partial charge is 0.507 e. The number of ether oxygens (including phenoxy) is 2. The molecular formula is C28H28O3. The van der Waals surface area contributed by atoms with Crippen LogP contribution in [0.4, 0.5) is 0 Å². The van der Waals surface area contributed by atoms with E-state index in [1.807, 2.05) is 60.7 Å². The Balaban J connectivity index is 1.38. The maximum absolute atomic E-state index is 10.1. The second kappa shape index (κ2) is 9.67. The Hall–Kier alpha value is -3.30. The van der Waals surface area contributed by atoms with Crippen LogP contribution in [0.25, 0.3) is 16.8 Å². The number of allylic oxidation sites excluding steroid dienone is 1. The molecule has 3 aromatic rings. The molecule has 1 unspecified atom stereocenters. The van der Waals surface area contributed by atoms with E-state index in [9.17, 15) is 5.11 Å². The summed E-state index contributed by atoms with van der Waals surface area (Å²) in [6.07, 6.45) is 6.19. The fraction of sp³-hybridized carbons (Fsp3) is 0.214. The van der Waals surface area contributed by atoms with E-state index in [-0.39, 0.29) is 6.10 Å². The number of para-hydroxylation sites is 1. The number of aromatic hydroxyl groups is 1. The molecule has 158 valence electrons. The number of benzene rings is 3. The van der Waals surface area contributed by atoms with Crippen LogP contribution >= 0.6 is 0 Å². The molecule has 0 aliphatic carbocycles. The number of rotatable bonds is 8. The van der Waals surface area contributed by atoms with Gasteiger partial charge in [-0.1, -0.05) is 72.8 Å². The highest BCUT2D eigenvalue weighted by molar-refractivity contribution is 5.94. The van der Waals surface area contributed by atoms with Crippen LogP contribution in [0.1, 0.15) is 25.3 Å². The highest BCUT2D eigenvalue weighted by atomic mass is 16.5. The van der Waals surface area contributed by atoms with Gasteiger partial charge in [-0.3, -0.25) is 0 Å². The first-order chi connectivity index (χ1) is 15.1. The Labute approximate surface area is 183 Å². The highest BCUT2D eigenvalue weighted by Crippen LogP contribution is 2.30. The molecule has 0 aromatic heterocycles. The normalized spacial score (nSPS) is 16.4. The van der Waals surface area contributed by atoms with Crippen LogP contribution in [0.5, 0.6) is 11.5 Å². The van der Waals surface area contributed by atoms with E-state index in [0.717, 1.165) is 46.1 Å². The number of phenolic OH excluding ortho intramolecular Hbond substituents is 1. The lowest BCUT2D eigenvalue weighted by molar-refractivity contribution is 0.116. The maximum Gasteiger partial charge on any atom is 0.123 e. The van der Waals surface area contributed by atoms with Crippen molar-refractivity contribution in [2.45, 2.75) is 25.9 Å². The lowest BCUT2D eigenvalue weighted by Gasteiger charge is -2.17. The molecule has 0 fully saturated rings. The molecule has 31 heavy (non-hydrogen) atoms. The minimum atomic E-state index is 0.0479. The van der Waals surface area contributed by atoms with Gasteiger partial charge >= 0.3 is 0 Å². The zero-order valence-electron chi connectivity index (χ0n) is 17.9. The summed E-state index contributed by atoms with van der Waals surface area (Å²) in [7, 11) is 0. The summed E-state index contributed by atoms with van der Waals surface area (Å²) in [5, 5.41) is 12.1. The molecule has 1 heterocycles. The fourth-order valence-corrected chi connectivity index (χ4v) is 3.99. The SMILES string of the molecule is C=C(COc1ccccc1)C1=CCOC1CC/C(C)=C/c1ccc(O)c2ccccc12. The Kier molecular flexibility index (Phi) is 6.54. The zero-order valence-corrected chi connectivity index (χ0v) is 17.9. The molecule has 4 rings (SSSR count). The number of hydrogen-bond donors (Lipinski definition) is 1. The van der Waals surface area contributed by atoms with Crippen molar-refractivity contribution in [2.24, 2.45) is 0 Å². The third kappa shape index (κ3) is 5.07. The molecule has 0 radical (unpaired) electrons. The Morgan fingerprint density at radius 2 is 1.81 bits per heavy atom. The van der Waals surface area contributed by atoms with E-state index in [1.165, 1.54) is 5.57 Å². The molecule has 3 heteroatoms. The first kappa shape index (κ1) is 21.0. The number of fused-ring (bicyclic) bond motifs is 1. The summed E-state index contributed by atoms with van der Waals surface area (Å²) in [6.45, 7) is 7.46. The maximum atomic E-state index is 10.1. The predicted molar refractivity (Wildman–Crippen MR) is 127 cm³/mol. The quantitative estimate of drug-likeness (QED) is 0.448. The van der Waals surface area contributed by atoms with Gasteiger partial charge in [0.15, 0.2) is 0 Å². The van der Waals surface area contributed by atoms with E-state index in [4.69, 9.17) is 9.47 Å². The molecule has 0 amide bonds. The Bertz CT molecular complexity index is 1130. The molecule has 0 spiro atoms. The van der Waals surface area contributed by atoms with Crippen molar-refractivity contribution < 1.29 is 14.6 Å². The van der Waals surface area contributed by atoms with Crippen molar-refractivity contribution in [2.75, 3.05) is 13.2 Å². The lowest BCUT2D eigenvalue weighted by atomic mass is 9.96. The molecule has 1 aliphatic rings. The molecular weight excluding hydrogens is 384 g/mol. The van der Waals surface area contributed by atoms with Crippen molar-refractivity contribution in [3.63, 3.8) is 0 Å². The van der Waals surface area contributed by atoms with E-state index in [1.54, 1.807) is 6.07 Å². The van der Waals surface area contributed by atoms with Crippen LogP contribution < -0.4 is 4.74 Å². The topological polar surface area (TPSA) is 38.7 Å². The summed E-state index contributed by atoms with van der Waals surface area (Å²) in [5.74, 6) is 1.16. The highest BCUT2D eigenvalue weighted by Gasteiger charge is 2.22. The van der Waals surface area contributed by atoms with E-state index >= 15 is 0 Å². The second-order valence-corrected chi connectivity index (χ2v) is 7.94. The van der Waals surface area contributed by atoms with Crippen LogP contribution in [0, 0.1) is 0 Å². The molecule has 1 aliphatic heterocycles. The summed E-state index contributed by atoms with van der Waals surface area (Å²) in [5.41, 5.74) is 4.52. The molecule has 3 nitrogen and oxygen atoms in total. The van der Waals surface area contributed by atoms with Crippen LogP contribution in [0.3, 0.4) is 0 Å². The Morgan fingerprint density at radius 3 is 2.61 bits per heavy atom. The van der Waals surface area contributed by atoms with Gasteiger partial charge < -0.3 is 14.6 Å². The minimum absolute atomic E-state index is 0.0479. The van der Waals surface area contributed by atoms with Gasteiger partial charge in [0.2, 0.25) is 0 Å². The van der Waals surface area contributed by atoms with Crippen LogP contribution in [-0.4, -0.2) is 24.4 Å². The molecule has 0 saturated carbocycles. The third-order valence-electron chi connectivity index (χ3n) is 5.65. The first-order valence-electron chi connectivity index (χ1n) is 10.7. The van der Waals surface area contributed by atoms with Gasteiger partial charge in [0.1, 0.15) is 18.1 Å². The summed E-state index contributed by atoms with van der Waals surface area (Å²) in [6, 6.07) is 21.5. The predicted octanol–water partition coefficient (Wildman–Crippen LogP) is 6.69. The Morgan fingerprint density at radius 1 is 1.06 bits per heavy atom. The van der Waals surface area contributed by atoms with Gasteiger partial charge in [-0.05, 0) is 60.1 Å². The van der Waals surface area contributed by atoms with Crippen molar-refractivity contribution >= 4 is 16.8 Å². The van der Waals surface area contributed by atoms with Gasteiger partial charge in [-0.2, -0.15) is 0 Å². The molecule has 1 N–H and O–H groups in total. The van der Waals surface area contributed by atoms with E-state index in [2.05, 4.69) is 25.7 Å². The van der Waals surface area contributed by atoms with Gasteiger partial charge in [0, 0.05) is 5.39 Å². The first-order valence-corrected chi connectivity index (χ1v) is 10.7. The average molecular weight is 413 g/mol. The van der Waals surface area contributed by atoms with Crippen molar-refractivity contribution in [3.05, 3.63) is 102 Å². The molecule has 3 aromatic carbocycles. The van der Waals surface area contributed by atoms with Crippen molar-refractivity contribution in [1.29, 1.82) is 0 Å². The van der Waals surface area contributed by atoms with E-state index < -0.39 is 0 Å². The molecule has 0 bridgehead atoms. The van der Waals surface area contributed by atoms with Crippen LogP contribution in [-0.2, 0) is 4.74 Å². The minimum Gasteiger partial charge on any atom is -0.507 e. The second-order valence-electron chi connectivity index (χ2n) is 7.94. The zero-order chi connectivity index (χ0) is 21.6. The fourth-order valence-electron chi connectivity index (χ4n) is 3.99. The number of phenols is 1. The lowest BCUT2D eigenvalue weighted by Crippen LogP contribution is -2.14. The van der Waals surface area contributed by atoms with Gasteiger partial charge in [-0.25, -0.2) is 0 Å². The van der Waals surface area contributed by atoms with Gasteiger partial charge in [0.05, 0.1) is 12.7 Å². The average Bonchev–Trinajstić information content (AvgIpc) is 3.28. The summed E-state index contributed by atoms with van der Waals surface area (Å²) >= 11 is 0. The third-order valence-corrected chi connectivity index (χ3v) is 5.65. The monoisotopic (exact) mass is 412 g/mol. The standard InChI is InChI=1S/C28H28O3/c1-20(18-22-13-14-27(29)26-11-7-6-10-25(22)26)12-15-28-24(16-17-30-28)21(2)19-31-23-8-4-3-5-9-23/h3-11,13-14,16,18,28-29H,2,12,15,17,19H2,1H3/b20-18+. The summed E-state index contributed by atoms with van der Waals surface area (Å²) in [4.78, 5) is 0. The van der Waals surface area contributed by atoms with Crippen molar-refractivity contribution in [3.8, 4) is 11.5 Å². The summed E-state index contributed by atoms with van der Waals surface area (Å²) < 4.78 is 11.8. The van der Waals surface area contributed by atoms with Gasteiger partial charge in [0.25, 0.3) is 0 Å². The van der Waals surface area contributed by atoms with E-state index in [0.29, 0.717) is 19.0 Å². The smallest absolute Gasteiger partial charge is 0.123 e. The molecule has 1 atom stereocenters. The molecule has 0 saturated heterocycles. The van der Waals surface area contributed by atoms with Crippen LogP contribution in [0.2, 0.25) is 0 Å². The van der Waals surface area contributed by atoms with Crippen molar-refractivity contribution in [1.82, 2.24) is 0 Å².